The number of nitriles is 1. The molecule has 1 aromatic carbocycles. The zero-order valence-electron chi connectivity index (χ0n) is 11.7. The molecule has 0 radical (unpaired) electrons. The lowest BCUT2D eigenvalue weighted by Crippen LogP contribution is -2.48. The van der Waals surface area contributed by atoms with Gasteiger partial charge in [-0.15, -0.1) is 0 Å². The Morgan fingerprint density at radius 1 is 1.48 bits per heavy atom. The van der Waals surface area contributed by atoms with Gasteiger partial charge in [-0.2, -0.15) is 9.57 Å². The SMILES string of the molecule is CC(O)C1CCCCN1S(=O)(=O)c1ccc(F)c(C#N)c1. The van der Waals surface area contributed by atoms with Crippen LogP contribution < -0.4 is 0 Å². The predicted octanol–water partition coefficient (Wildman–Crippen LogP) is 1.62. The first-order valence-electron chi connectivity index (χ1n) is 6.77. The Labute approximate surface area is 123 Å². The number of hydrogen-bond acceptors (Lipinski definition) is 4. The number of aliphatic hydroxyl groups excluding tert-OH is 1. The largest absolute Gasteiger partial charge is 0.392 e. The average Bonchev–Trinajstić information content (AvgIpc) is 2.47. The number of rotatable bonds is 3. The summed E-state index contributed by atoms with van der Waals surface area (Å²) in [6, 6.07) is 4.32. The normalized spacial score (nSPS) is 21.7. The van der Waals surface area contributed by atoms with Gasteiger partial charge in [0.2, 0.25) is 10.0 Å². The van der Waals surface area contributed by atoms with E-state index in [1.807, 2.05) is 0 Å². The summed E-state index contributed by atoms with van der Waals surface area (Å²) in [5, 5.41) is 18.6. The van der Waals surface area contributed by atoms with E-state index in [0.717, 1.165) is 31.0 Å². The third-order valence-corrected chi connectivity index (χ3v) is 5.64. The summed E-state index contributed by atoms with van der Waals surface area (Å²) >= 11 is 0. The Morgan fingerprint density at radius 2 is 2.19 bits per heavy atom. The zero-order valence-corrected chi connectivity index (χ0v) is 12.5. The summed E-state index contributed by atoms with van der Waals surface area (Å²) in [4.78, 5) is -0.118. The van der Waals surface area contributed by atoms with Crippen molar-refractivity contribution in [2.45, 2.75) is 43.2 Å². The number of benzene rings is 1. The molecule has 1 aliphatic rings. The monoisotopic (exact) mass is 312 g/mol. The van der Waals surface area contributed by atoms with Crippen molar-refractivity contribution in [2.24, 2.45) is 0 Å². The highest BCUT2D eigenvalue weighted by molar-refractivity contribution is 7.89. The Morgan fingerprint density at radius 3 is 2.81 bits per heavy atom. The topological polar surface area (TPSA) is 81.4 Å². The number of piperidine rings is 1. The fraction of sp³-hybridized carbons (Fsp3) is 0.500. The third-order valence-electron chi connectivity index (χ3n) is 3.72. The van der Waals surface area contributed by atoms with Crippen LogP contribution >= 0.6 is 0 Å². The number of nitrogens with zero attached hydrogens (tertiary/aromatic N) is 2. The molecule has 0 saturated carbocycles. The van der Waals surface area contributed by atoms with Crippen LogP contribution in [0.25, 0.3) is 0 Å². The minimum atomic E-state index is -3.85. The molecule has 2 atom stereocenters. The number of sulfonamides is 1. The molecule has 114 valence electrons. The van der Waals surface area contributed by atoms with Crippen molar-refractivity contribution < 1.29 is 17.9 Å². The highest BCUT2D eigenvalue weighted by atomic mass is 32.2. The highest BCUT2D eigenvalue weighted by Crippen LogP contribution is 2.27. The van der Waals surface area contributed by atoms with E-state index in [1.54, 1.807) is 13.0 Å². The van der Waals surface area contributed by atoms with E-state index in [0.29, 0.717) is 13.0 Å². The molecule has 7 heteroatoms. The fourth-order valence-corrected chi connectivity index (χ4v) is 4.38. The van der Waals surface area contributed by atoms with Crippen LogP contribution in [0.4, 0.5) is 4.39 Å². The summed E-state index contributed by atoms with van der Waals surface area (Å²) in [5.41, 5.74) is -0.304. The van der Waals surface area contributed by atoms with Crippen molar-refractivity contribution >= 4 is 10.0 Å². The average molecular weight is 312 g/mol. The molecular weight excluding hydrogens is 295 g/mol. The molecule has 0 bridgehead atoms. The van der Waals surface area contributed by atoms with Crippen LogP contribution in [0.2, 0.25) is 0 Å². The minimum absolute atomic E-state index is 0.118. The second-order valence-electron chi connectivity index (χ2n) is 5.17. The summed E-state index contributed by atoms with van der Waals surface area (Å²) in [5.74, 6) is -0.748. The molecule has 0 spiro atoms. The highest BCUT2D eigenvalue weighted by Gasteiger charge is 2.36. The first-order valence-corrected chi connectivity index (χ1v) is 8.21. The van der Waals surface area contributed by atoms with E-state index in [4.69, 9.17) is 5.26 Å². The molecule has 1 heterocycles. The summed E-state index contributed by atoms with van der Waals surface area (Å²) in [6.45, 7) is 1.88. The van der Waals surface area contributed by atoms with E-state index in [-0.39, 0.29) is 10.5 Å². The lowest BCUT2D eigenvalue weighted by Gasteiger charge is -2.36. The Balaban J connectivity index is 2.43. The third kappa shape index (κ3) is 3.07. The van der Waals surface area contributed by atoms with Crippen molar-refractivity contribution in [3.05, 3.63) is 29.6 Å². The Kier molecular flexibility index (Phi) is 4.61. The van der Waals surface area contributed by atoms with Crippen LogP contribution in [0.15, 0.2) is 23.1 Å². The summed E-state index contributed by atoms with van der Waals surface area (Å²) in [7, 11) is -3.85. The van der Waals surface area contributed by atoms with Gasteiger partial charge in [-0.1, -0.05) is 6.42 Å². The van der Waals surface area contributed by atoms with Crippen LogP contribution in [-0.2, 0) is 10.0 Å². The van der Waals surface area contributed by atoms with Gasteiger partial charge in [-0.3, -0.25) is 0 Å². The second kappa shape index (κ2) is 6.10. The molecule has 0 aliphatic carbocycles. The van der Waals surface area contributed by atoms with Gasteiger partial charge >= 0.3 is 0 Å². The van der Waals surface area contributed by atoms with Crippen LogP contribution in [0.1, 0.15) is 31.7 Å². The van der Waals surface area contributed by atoms with Crippen LogP contribution in [0, 0.1) is 17.1 Å². The van der Waals surface area contributed by atoms with Gasteiger partial charge in [0, 0.05) is 6.54 Å². The summed E-state index contributed by atoms with van der Waals surface area (Å²) in [6.07, 6.45) is 1.38. The van der Waals surface area contributed by atoms with Gasteiger partial charge < -0.3 is 5.11 Å². The maximum Gasteiger partial charge on any atom is 0.243 e. The first kappa shape index (κ1) is 15.9. The molecule has 1 saturated heterocycles. The molecule has 1 N–H and O–H groups in total. The number of hydrogen-bond donors (Lipinski definition) is 1. The van der Waals surface area contributed by atoms with Gasteiger partial charge in [-0.25, -0.2) is 12.8 Å². The Hall–Kier alpha value is -1.49. The maximum absolute atomic E-state index is 13.3. The smallest absolute Gasteiger partial charge is 0.243 e. The van der Waals surface area contributed by atoms with E-state index in [1.165, 1.54) is 4.31 Å². The van der Waals surface area contributed by atoms with Gasteiger partial charge in [0.15, 0.2) is 0 Å². The van der Waals surface area contributed by atoms with Crippen molar-refractivity contribution in [1.82, 2.24) is 4.31 Å². The molecular formula is C14H17FN2O3S. The molecule has 1 aromatic rings. The quantitative estimate of drug-likeness (QED) is 0.919. The van der Waals surface area contributed by atoms with Crippen LogP contribution in [-0.4, -0.2) is 36.5 Å². The molecule has 2 rings (SSSR count). The predicted molar refractivity (Wildman–Crippen MR) is 74.3 cm³/mol. The molecule has 21 heavy (non-hydrogen) atoms. The van der Waals surface area contributed by atoms with Gasteiger partial charge in [0.1, 0.15) is 11.9 Å². The summed E-state index contributed by atoms with van der Waals surface area (Å²) < 4.78 is 39.9. The van der Waals surface area contributed by atoms with E-state index >= 15 is 0 Å². The van der Waals surface area contributed by atoms with E-state index in [2.05, 4.69) is 0 Å². The van der Waals surface area contributed by atoms with E-state index < -0.39 is 28.0 Å². The molecule has 0 amide bonds. The van der Waals surface area contributed by atoms with Crippen LogP contribution in [0.3, 0.4) is 0 Å². The van der Waals surface area contributed by atoms with Crippen molar-refractivity contribution in [3.63, 3.8) is 0 Å². The molecule has 0 aromatic heterocycles. The second-order valence-corrected chi connectivity index (χ2v) is 7.06. The molecule has 1 fully saturated rings. The molecule has 2 unspecified atom stereocenters. The lowest BCUT2D eigenvalue weighted by molar-refractivity contribution is 0.0831. The fourth-order valence-electron chi connectivity index (χ4n) is 2.60. The number of aliphatic hydroxyl groups is 1. The maximum atomic E-state index is 13.3. The van der Waals surface area contributed by atoms with Gasteiger partial charge in [-0.05, 0) is 38.0 Å². The van der Waals surface area contributed by atoms with Crippen LogP contribution in [0.5, 0.6) is 0 Å². The van der Waals surface area contributed by atoms with Crippen molar-refractivity contribution in [3.8, 4) is 6.07 Å². The van der Waals surface area contributed by atoms with Crippen molar-refractivity contribution in [2.75, 3.05) is 6.54 Å². The van der Waals surface area contributed by atoms with Crippen molar-refractivity contribution in [1.29, 1.82) is 5.26 Å². The van der Waals surface area contributed by atoms with E-state index in [9.17, 15) is 17.9 Å². The lowest BCUT2D eigenvalue weighted by atomic mass is 10.0. The minimum Gasteiger partial charge on any atom is -0.392 e. The standard InChI is InChI=1S/C14H17FN2O3S/c1-10(18)14-4-2-3-7-17(14)21(19,20)12-5-6-13(15)11(8-12)9-16/h5-6,8,10,14,18H,2-4,7H2,1H3. The number of halogens is 1. The Bertz CT molecular complexity index is 667. The first-order chi connectivity index (χ1) is 9.87. The van der Waals surface area contributed by atoms with Gasteiger partial charge in [0.05, 0.1) is 22.6 Å². The van der Waals surface area contributed by atoms with Gasteiger partial charge in [0.25, 0.3) is 0 Å². The molecule has 1 aliphatic heterocycles. The zero-order chi connectivity index (χ0) is 15.6. The molecule has 5 nitrogen and oxygen atoms in total.